The molecule has 0 aromatic heterocycles. The van der Waals surface area contributed by atoms with Crippen LogP contribution in [0.15, 0.2) is 30.3 Å². The van der Waals surface area contributed by atoms with Gasteiger partial charge in [-0.2, -0.15) is 0 Å². The largest absolute Gasteiger partial charge is 0.330 e. The topological polar surface area (TPSA) is 64.1 Å². The van der Waals surface area contributed by atoms with E-state index in [-0.39, 0.29) is 0 Å². The molecule has 0 bridgehead atoms. The van der Waals surface area contributed by atoms with Gasteiger partial charge in [0, 0.05) is 12.6 Å². The SMILES string of the molecule is NCCCCCCC(N)CCCNCc1ccccc1. The third-order valence-corrected chi connectivity index (χ3v) is 3.63. The Morgan fingerprint density at radius 1 is 0.900 bits per heavy atom. The maximum Gasteiger partial charge on any atom is 0.0205 e. The highest BCUT2D eigenvalue weighted by molar-refractivity contribution is 5.14. The Labute approximate surface area is 124 Å². The Morgan fingerprint density at radius 3 is 2.35 bits per heavy atom. The maximum atomic E-state index is 6.13. The zero-order chi connectivity index (χ0) is 14.5. The summed E-state index contributed by atoms with van der Waals surface area (Å²) in [6.45, 7) is 2.82. The van der Waals surface area contributed by atoms with Crippen LogP contribution in [0, 0.1) is 0 Å². The minimum absolute atomic E-state index is 0.367. The van der Waals surface area contributed by atoms with E-state index in [1.165, 1.54) is 24.8 Å². The van der Waals surface area contributed by atoms with E-state index in [9.17, 15) is 0 Å². The van der Waals surface area contributed by atoms with Crippen molar-refractivity contribution < 1.29 is 0 Å². The molecule has 0 spiro atoms. The summed E-state index contributed by atoms with van der Waals surface area (Å²) in [7, 11) is 0. The Morgan fingerprint density at radius 2 is 1.60 bits per heavy atom. The second kappa shape index (κ2) is 11.9. The van der Waals surface area contributed by atoms with Crippen LogP contribution in [0.4, 0.5) is 0 Å². The molecular formula is C17H31N3. The summed E-state index contributed by atoms with van der Waals surface area (Å²) in [5.41, 5.74) is 12.9. The molecule has 1 unspecified atom stereocenters. The second-order valence-electron chi connectivity index (χ2n) is 5.56. The first-order chi connectivity index (χ1) is 9.83. The van der Waals surface area contributed by atoms with E-state index in [1.807, 2.05) is 0 Å². The lowest BCUT2D eigenvalue weighted by Gasteiger charge is -2.11. The number of rotatable bonds is 12. The van der Waals surface area contributed by atoms with Crippen molar-refractivity contribution in [1.82, 2.24) is 5.32 Å². The quantitative estimate of drug-likeness (QED) is 0.515. The van der Waals surface area contributed by atoms with Gasteiger partial charge in [-0.05, 0) is 44.3 Å². The van der Waals surface area contributed by atoms with Crippen molar-refractivity contribution in [3.63, 3.8) is 0 Å². The van der Waals surface area contributed by atoms with Crippen molar-refractivity contribution in [3.05, 3.63) is 35.9 Å². The molecule has 0 aliphatic rings. The first kappa shape index (κ1) is 17.2. The fraction of sp³-hybridized carbons (Fsp3) is 0.647. The molecule has 1 aromatic rings. The number of nitrogens with one attached hydrogen (secondary N) is 1. The average Bonchev–Trinajstić information content (AvgIpc) is 2.48. The smallest absolute Gasteiger partial charge is 0.0205 e. The van der Waals surface area contributed by atoms with E-state index in [1.54, 1.807) is 0 Å². The minimum atomic E-state index is 0.367. The number of unbranched alkanes of at least 4 members (excludes halogenated alkanes) is 3. The molecule has 3 nitrogen and oxygen atoms in total. The van der Waals surface area contributed by atoms with Gasteiger partial charge in [0.25, 0.3) is 0 Å². The van der Waals surface area contributed by atoms with Gasteiger partial charge in [-0.3, -0.25) is 0 Å². The van der Waals surface area contributed by atoms with E-state index in [0.717, 1.165) is 45.3 Å². The number of nitrogens with two attached hydrogens (primary N) is 2. The zero-order valence-corrected chi connectivity index (χ0v) is 12.7. The summed E-state index contributed by atoms with van der Waals surface area (Å²) in [6.07, 6.45) is 8.37. The van der Waals surface area contributed by atoms with Crippen LogP contribution in [0.5, 0.6) is 0 Å². The highest BCUT2D eigenvalue weighted by atomic mass is 14.8. The third kappa shape index (κ3) is 9.08. The van der Waals surface area contributed by atoms with E-state index >= 15 is 0 Å². The van der Waals surface area contributed by atoms with Crippen LogP contribution in [0.25, 0.3) is 0 Å². The molecule has 0 aliphatic carbocycles. The zero-order valence-electron chi connectivity index (χ0n) is 12.7. The third-order valence-electron chi connectivity index (χ3n) is 3.63. The van der Waals surface area contributed by atoms with Crippen LogP contribution in [-0.4, -0.2) is 19.1 Å². The summed E-state index contributed by atoms with van der Waals surface area (Å²) in [5.74, 6) is 0. The lowest BCUT2D eigenvalue weighted by Crippen LogP contribution is -2.22. The Kier molecular flexibility index (Phi) is 10.2. The molecule has 0 saturated carbocycles. The standard InChI is InChI=1S/C17H31N3/c18-13-7-2-1-6-11-17(19)12-8-14-20-15-16-9-4-3-5-10-16/h3-5,9-10,17,20H,1-2,6-8,11-15,18-19H2. The van der Waals surface area contributed by atoms with Gasteiger partial charge in [-0.15, -0.1) is 0 Å². The molecule has 3 heteroatoms. The molecule has 114 valence electrons. The van der Waals surface area contributed by atoms with Crippen LogP contribution in [0.2, 0.25) is 0 Å². The van der Waals surface area contributed by atoms with Gasteiger partial charge >= 0.3 is 0 Å². The summed E-state index contributed by atoms with van der Waals surface area (Å²) in [6, 6.07) is 10.9. The van der Waals surface area contributed by atoms with Gasteiger partial charge in [-0.25, -0.2) is 0 Å². The van der Waals surface area contributed by atoms with Crippen LogP contribution in [0.1, 0.15) is 50.5 Å². The predicted octanol–water partition coefficient (Wildman–Crippen LogP) is 2.79. The van der Waals surface area contributed by atoms with E-state index in [2.05, 4.69) is 35.6 Å². The van der Waals surface area contributed by atoms with Gasteiger partial charge in [0.05, 0.1) is 0 Å². The average molecular weight is 277 g/mol. The van der Waals surface area contributed by atoms with Gasteiger partial charge < -0.3 is 16.8 Å². The summed E-state index contributed by atoms with van der Waals surface area (Å²) < 4.78 is 0. The first-order valence-electron chi connectivity index (χ1n) is 8.03. The van der Waals surface area contributed by atoms with Crippen LogP contribution in [0.3, 0.4) is 0 Å². The van der Waals surface area contributed by atoms with Crippen molar-refractivity contribution in [2.45, 2.75) is 57.5 Å². The highest BCUT2D eigenvalue weighted by Gasteiger charge is 2.02. The highest BCUT2D eigenvalue weighted by Crippen LogP contribution is 2.07. The van der Waals surface area contributed by atoms with Gasteiger partial charge in [-0.1, -0.05) is 49.6 Å². The summed E-state index contributed by atoms with van der Waals surface area (Å²) in [5, 5.41) is 3.47. The molecule has 0 saturated heterocycles. The van der Waals surface area contributed by atoms with E-state index in [0.29, 0.717) is 6.04 Å². The molecule has 0 amide bonds. The van der Waals surface area contributed by atoms with Gasteiger partial charge in [0.15, 0.2) is 0 Å². The molecule has 5 N–H and O–H groups in total. The molecule has 0 heterocycles. The lowest BCUT2D eigenvalue weighted by molar-refractivity contribution is 0.494. The van der Waals surface area contributed by atoms with Crippen molar-refractivity contribution in [3.8, 4) is 0 Å². The normalized spacial score (nSPS) is 12.5. The summed E-state index contributed by atoms with van der Waals surface area (Å²) in [4.78, 5) is 0. The molecule has 0 aliphatic heterocycles. The van der Waals surface area contributed by atoms with Crippen molar-refractivity contribution in [2.24, 2.45) is 11.5 Å². The molecule has 0 fully saturated rings. The Hall–Kier alpha value is -0.900. The van der Waals surface area contributed by atoms with Crippen LogP contribution < -0.4 is 16.8 Å². The molecular weight excluding hydrogens is 246 g/mol. The predicted molar refractivity (Wildman–Crippen MR) is 87.5 cm³/mol. The van der Waals surface area contributed by atoms with Gasteiger partial charge in [0.2, 0.25) is 0 Å². The molecule has 20 heavy (non-hydrogen) atoms. The Bertz CT molecular complexity index is 313. The Balaban J connectivity index is 1.90. The van der Waals surface area contributed by atoms with Crippen molar-refractivity contribution >= 4 is 0 Å². The molecule has 1 rings (SSSR count). The number of benzene rings is 1. The second-order valence-corrected chi connectivity index (χ2v) is 5.56. The number of hydrogen-bond donors (Lipinski definition) is 3. The maximum absolute atomic E-state index is 6.13. The van der Waals surface area contributed by atoms with Crippen LogP contribution in [-0.2, 0) is 6.54 Å². The minimum Gasteiger partial charge on any atom is -0.330 e. The monoisotopic (exact) mass is 277 g/mol. The lowest BCUT2D eigenvalue weighted by atomic mass is 10.0. The van der Waals surface area contributed by atoms with Crippen LogP contribution >= 0.6 is 0 Å². The first-order valence-corrected chi connectivity index (χ1v) is 8.03. The fourth-order valence-electron chi connectivity index (χ4n) is 2.37. The van der Waals surface area contributed by atoms with E-state index in [4.69, 9.17) is 11.5 Å². The van der Waals surface area contributed by atoms with Gasteiger partial charge in [0.1, 0.15) is 0 Å². The fourth-order valence-corrected chi connectivity index (χ4v) is 2.37. The molecule has 1 atom stereocenters. The molecule has 1 aromatic carbocycles. The van der Waals surface area contributed by atoms with Crippen molar-refractivity contribution in [1.29, 1.82) is 0 Å². The number of hydrogen-bond acceptors (Lipinski definition) is 3. The molecule has 0 radical (unpaired) electrons. The van der Waals surface area contributed by atoms with E-state index < -0.39 is 0 Å². The summed E-state index contributed by atoms with van der Waals surface area (Å²) >= 11 is 0. The van der Waals surface area contributed by atoms with Crippen molar-refractivity contribution in [2.75, 3.05) is 13.1 Å².